The molecule has 0 bridgehead atoms. The first-order chi connectivity index (χ1) is 6.29. The van der Waals surface area contributed by atoms with E-state index in [1.54, 1.807) is 11.8 Å². The summed E-state index contributed by atoms with van der Waals surface area (Å²) < 4.78 is 2.02. The van der Waals surface area contributed by atoms with Gasteiger partial charge in [-0.2, -0.15) is 0 Å². The van der Waals surface area contributed by atoms with Crippen molar-refractivity contribution >= 4 is 11.8 Å². The second kappa shape index (κ2) is 5.24. The van der Waals surface area contributed by atoms with Crippen LogP contribution in [0.4, 0.5) is 0 Å². The first-order valence-electron chi connectivity index (χ1n) is 4.50. The van der Waals surface area contributed by atoms with E-state index in [9.17, 15) is 0 Å². The molecule has 5 heteroatoms. The van der Waals surface area contributed by atoms with E-state index in [4.69, 9.17) is 5.73 Å². The van der Waals surface area contributed by atoms with Crippen molar-refractivity contribution in [1.82, 2.24) is 14.8 Å². The predicted octanol–water partition coefficient (Wildman–Crippen LogP) is 0.818. The van der Waals surface area contributed by atoms with Gasteiger partial charge in [-0.15, -0.1) is 10.2 Å². The predicted molar refractivity (Wildman–Crippen MR) is 54.8 cm³/mol. The molecule has 0 saturated carbocycles. The third-order valence-electron chi connectivity index (χ3n) is 1.73. The quantitative estimate of drug-likeness (QED) is 0.715. The summed E-state index contributed by atoms with van der Waals surface area (Å²) in [5, 5.41) is 9.15. The van der Waals surface area contributed by atoms with E-state index in [0.29, 0.717) is 6.54 Å². The number of hydrogen-bond acceptors (Lipinski definition) is 4. The Labute approximate surface area is 82.9 Å². The van der Waals surface area contributed by atoms with Crippen molar-refractivity contribution in [1.29, 1.82) is 0 Å². The number of aromatic nitrogens is 3. The van der Waals surface area contributed by atoms with Crippen LogP contribution in [0.2, 0.25) is 0 Å². The SMILES string of the molecule is CCCSc1nnc(CCN)n1C. The maximum atomic E-state index is 5.45. The standard InChI is InChI=1S/C8H16N4S/c1-3-6-13-8-11-10-7(4-5-9)12(8)2/h3-6,9H2,1-2H3. The first kappa shape index (κ1) is 10.5. The highest BCUT2D eigenvalue weighted by molar-refractivity contribution is 7.99. The molecule has 0 radical (unpaired) electrons. The van der Waals surface area contributed by atoms with Crippen LogP contribution < -0.4 is 5.73 Å². The maximum Gasteiger partial charge on any atom is 0.190 e. The number of hydrogen-bond donors (Lipinski definition) is 1. The summed E-state index contributed by atoms with van der Waals surface area (Å²) in [4.78, 5) is 0. The molecule has 0 spiro atoms. The monoisotopic (exact) mass is 200 g/mol. The number of nitrogens with zero attached hydrogens (tertiary/aromatic N) is 3. The van der Waals surface area contributed by atoms with Crippen LogP contribution in [0.1, 0.15) is 19.2 Å². The molecule has 1 rings (SSSR count). The Morgan fingerprint density at radius 2 is 2.23 bits per heavy atom. The van der Waals surface area contributed by atoms with Crippen molar-refractivity contribution in [2.24, 2.45) is 12.8 Å². The molecule has 1 heterocycles. The lowest BCUT2D eigenvalue weighted by atomic mass is 10.4. The van der Waals surface area contributed by atoms with E-state index in [-0.39, 0.29) is 0 Å². The zero-order valence-electron chi connectivity index (χ0n) is 8.16. The molecule has 0 aliphatic rings. The summed E-state index contributed by atoms with van der Waals surface area (Å²) >= 11 is 1.74. The number of rotatable bonds is 5. The van der Waals surface area contributed by atoms with Gasteiger partial charge in [0.25, 0.3) is 0 Å². The fourth-order valence-electron chi connectivity index (χ4n) is 1.01. The van der Waals surface area contributed by atoms with E-state index < -0.39 is 0 Å². The van der Waals surface area contributed by atoms with Crippen LogP contribution >= 0.6 is 11.8 Å². The molecule has 0 amide bonds. The van der Waals surface area contributed by atoms with E-state index in [1.807, 2.05) is 11.6 Å². The van der Waals surface area contributed by atoms with E-state index >= 15 is 0 Å². The van der Waals surface area contributed by atoms with E-state index in [2.05, 4.69) is 17.1 Å². The molecule has 4 nitrogen and oxygen atoms in total. The van der Waals surface area contributed by atoms with Crippen molar-refractivity contribution in [2.75, 3.05) is 12.3 Å². The Kier molecular flexibility index (Phi) is 4.24. The zero-order valence-corrected chi connectivity index (χ0v) is 8.97. The molecule has 0 fully saturated rings. The normalized spacial score (nSPS) is 10.7. The molecule has 74 valence electrons. The van der Waals surface area contributed by atoms with Crippen molar-refractivity contribution in [3.05, 3.63) is 5.82 Å². The van der Waals surface area contributed by atoms with Crippen LogP contribution in [0.3, 0.4) is 0 Å². The van der Waals surface area contributed by atoms with Crippen molar-refractivity contribution < 1.29 is 0 Å². The third-order valence-corrected chi connectivity index (χ3v) is 2.95. The molecule has 0 saturated heterocycles. The minimum absolute atomic E-state index is 0.629. The van der Waals surface area contributed by atoms with Gasteiger partial charge < -0.3 is 10.3 Å². The average molecular weight is 200 g/mol. The Hall–Kier alpha value is -0.550. The van der Waals surface area contributed by atoms with Crippen LogP contribution in [0.25, 0.3) is 0 Å². The van der Waals surface area contributed by atoms with Crippen LogP contribution in [0.5, 0.6) is 0 Å². The summed E-state index contributed by atoms with van der Waals surface area (Å²) in [7, 11) is 1.99. The molecule has 2 N–H and O–H groups in total. The van der Waals surface area contributed by atoms with Gasteiger partial charge in [-0.25, -0.2) is 0 Å². The van der Waals surface area contributed by atoms with Crippen LogP contribution in [-0.2, 0) is 13.5 Å². The van der Waals surface area contributed by atoms with Gasteiger partial charge in [0.05, 0.1) is 0 Å². The second-order valence-corrected chi connectivity index (χ2v) is 3.91. The molecular formula is C8H16N4S. The molecular weight excluding hydrogens is 184 g/mol. The number of thioether (sulfide) groups is 1. The summed E-state index contributed by atoms with van der Waals surface area (Å²) in [6.45, 7) is 2.79. The Bertz CT molecular complexity index is 259. The summed E-state index contributed by atoms with van der Waals surface area (Å²) in [5.41, 5.74) is 5.45. The highest BCUT2D eigenvalue weighted by Crippen LogP contribution is 2.15. The van der Waals surface area contributed by atoms with Crippen LogP contribution in [0, 0.1) is 0 Å². The maximum absolute atomic E-state index is 5.45. The van der Waals surface area contributed by atoms with Gasteiger partial charge in [-0.1, -0.05) is 18.7 Å². The van der Waals surface area contributed by atoms with Gasteiger partial charge in [0.2, 0.25) is 0 Å². The Morgan fingerprint density at radius 3 is 2.85 bits per heavy atom. The molecule has 0 aromatic carbocycles. The summed E-state index contributed by atoms with van der Waals surface area (Å²) in [5.74, 6) is 2.07. The van der Waals surface area contributed by atoms with Crippen LogP contribution in [-0.4, -0.2) is 27.1 Å². The fourth-order valence-corrected chi connectivity index (χ4v) is 1.80. The van der Waals surface area contributed by atoms with E-state index in [1.165, 1.54) is 0 Å². The molecule has 0 unspecified atom stereocenters. The molecule has 0 aliphatic carbocycles. The molecule has 0 atom stereocenters. The van der Waals surface area contributed by atoms with Gasteiger partial charge in [-0.05, 0) is 13.0 Å². The lowest BCUT2D eigenvalue weighted by Gasteiger charge is -2.00. The van der Waals surface area contributed by atoms with Gasteiger partial charge >= 0.3 is 0 Å². The molecule has 0 aliphatic heterocycles. The first-order valence-corrected chi connectivity index (χ1v) is 5.49. The smallest absolute Gasteiger partial charge is 0.190 e. The van der Waals surface area contributed by atoms with Gasteiger partial charge in [0, 0.05) is 19.2 Å². The Balaban J connectivity index is 2.62. The summed E-state index contributed by atoms with van der Waals surface area (Å²) in [6.07, 6.45) is 1.96. The molecule has 13 heavy (non-hydrogen) atoms. The minimum Gasteiger partial charge on any atom is -0.330 e. The second-order valence-electron chi connectivity index (χ2n) is 2.84. The van der Waals surface area contributed by atoms with Crippen molar-refractivity contribution in [3.8, 4) is 0 Å². The fraction of sp³-hybridized carbons (Fsp3) is 0.750. The van der Waals surface area contributed by atoms with E-state index in [0.717, 1.165) is 29.6 Å². The van der Waals surface area contributed by atoms with Gasteiger partial charge in [0.15, 0.2) is 5.16 Å². The largest absolute Gasteiger partial charge is 0.330 e. The molecule has 1 aromatic heterocycles. The highest BCUT2D eigenvalue weighted by Gasteiger charge is 2.06. The van der Waals surface area contributed by atoms with Crippen LogP contribution in [0.15, 0.2) is 5.16 Å². The third kappa shape index (κ3) is 2.70. The van der Waals surface area contributed by atoms with Gasteiger partial charge in [-0.3, -0.25) is 0 Å². The molecule has 1 aromatic rings. The topological polar surface area (TPSA) is 56.7 Å². The summed E-state index contributed by atoms with van der Waals surface area (Å²) in [6, 6.07) is 0. The minimum atomic E-state index is 0.629. The number of nitrogens with two attached hydrogens (primary N) is 1. The lowest BCUT2D eigenvalue weighted by molar-refractivity contribution is 0.726. The highest BCUT2D eigenvalue weighted by atomic mass is 32.2. The van der Waals surface area contributed by atoms with Crippen molar-refractivity contribution in [3.63, 3.8) is 0 Å². The van der Waals surface area contributed by atoms with Crippen molar-refractivity contribution in [2.45, 2.75) is 24.9 Å². The zero-order chi connectivity index (χ0) is 9.68. The lowest BCUT2D eigenvalue weighted by Crippen LogP contribution is -2.08. The Morgan fingerprint density at radius 1 is 1.46 bits per heavy atom. The average Bonchev–Trinajstić information content (AvgIpc) is 2.46. The van der Waals surface area contributed by atoms with Gasteiger partial charge in [0.1, 0.15) is 5.82 Å².